The van der Waals surface area contributed by atoms with Gasteiger partial charge in [0.2, 0.25) is 0 Å². The van der Waals surface area contributed by atoms with Crippen LogP contribution >= 0.6 is 11.3 Å². The molecule has 1 aromatic carbocycles. The third-order valence-corrected chi connectivity index (χ3v) is 6.38. The number of hydrogen-bond acceptors (Lipinski definition) is 3. The molecule has 0 radical (unpaired) electrons. The summed E-state index contributed by atoms with van der Waals surface area (Å²) in [7, 11) is 0. The largest absolute Gasteiger partial charge is 0.305 e. The van der Waals surface area contributed by atoms with Crippen LogP contribution in [0.5, 0.6) is 0 Å². The van der Waals surface area contributed by atoms with E-state index in [1.54, 1.807) is 11.1 Å². The van der Waals surface area contributed by atoms with Crippen molar-refractivity contribution in [1.29, 1.82) is 0 Å². The Morgan fingerprint density at radius 2 is 1.86 bits per heavy atom. The molecule has 3 heteroatoms. The summed E-state index contributed by atoms with van der Waals surface area (Å²) in [6, 6.07) is 9.04. The molecule has 2 nitrogen and oxygen atoms in total. The van der Waals surface area contributed by atoms with Gasteiger partial charge in [0, 0.05) is 11.6 Å². The Balaban J connectivity index is 1.83. The fourth-order valence-corrected chi connectivity index (χ4v) is 5.61. The monoisotopic (exact) mass is 298 g/mol. The van der Waals surface area contributed by atoms with Crippen LogP contribution in [-0.4, -0.2) is 11.5 Å². The number of hydrogen-bond donors (Lipinski definition) is 1. The molecule has 0 aliphatic heterocycles. The van der Waals surface area contributed by atoms with Crippen LogP contribution in [0.1, 0.15) is 35.9 Å². The fraction of sp³-hybridized carbons (Fsp3) is 0.500. The summed E-state index contributed by atoms with van der Waals surface area (Å²) in [4.78, 5) is 4.73. The highest BCUT2D eigenvalue weighted by atomic mass is 32.1. The minimum atomic E-state index is 0.0991. The molecular formula is C18H22N2S. The van der Waals surface area contributed by atoms with E-state index in [2.05, 4.69) is 41.9 Å². The van der Waals surface area contributed by atoms with E-state index >= 15 is 0 Å². The van der Waals surface area contributed by atoms with E-state index in [-0.39, 0.29) is 5.54 Å². The molecule has 2 aliphatic rings. The maximum Gasteiger partial charge on any atom is 0.113 e. The first-order valence-electron chi connectivity index (χ1n) is 8.06. The summed E-state index contributed by atoms with van der Waals surface area (Å²) in [6.07, 6.45) is 7.01. The lowest BCUT2D eigenvalue weighted by Gasteiger charge is -2.38. The summed E-state index contributed by atoms with van der Waals surface area (Å²) in [5, 5.41) is 7.33. The molecule has 21 heavy (non-hydrogen) atoms. The van der Waals surface area contributed by atoms with Crippen molar-refractivity contribution in [3.8, 4) is 0 Å². The molecule has 2 aromatic rings. The van der Waals surface area contributed by atoms with E-state index in [1.165, 1.54) is 30.7 Å². The molecule has 1 aromatic heterocycles. The Morgan fingerprint density at radius 3 is 2.38 bits per heavy atom. The van der Waals surface area contributed by atoms with Crippen LogP contribution in [0.3, 0.4) is 0 Å². The maximum absolute atomic E-state index is 4.73. The van der Waals surface area contributed by atoms with Gasteiger partial charge in [-0.1, -0.05) is 31.2 Å². The van der Waals surface area contributed by atoms with Crippen molar-refractivity contribution in [3.63, 3.8) is 0 Å². The van der Waals surface area contributed by atoms with Crippen LogP contribution in [-0.2, 0) is 18.4 Å². The number of benzene rings is 1. The van der Waals surface area contributed by atoms with E-state index in [1.807, 2.05) is 17.5 Å². The van der Waals surface area contributed by atoms with Gasteiger partial charge < -0.3 is 5.32 Å². The van der Waals surface area contributed by atoms with Crippen LogP contribution in [0.25, 0.3) is 0 Å². The number of rotatable bonds is 3. The van der Waals surface area contributed by atoms with Crippen molar-refractivity contribution < 1.29 is 0 Å². The van der Waals surface area contributed by atoms with Gasteiger partial charge in [-0.15, -0.1) is 11.3 Å². The van der Waals surface area contributed by atoms with E-state index in [0.717, 1.165) is 6.54 Å². The molecule has 1 fully saturated rings. The molecule has 1 N–H and O–H groups in total. The minimum Gasteiger partial charge on any atom is -0.305 e. The van der Waals surface area contributed by atoms with Crippen molar-refractivity contribution in [2.45, 2.75) is 38.1 Å². The number of nitrogens with one attached hydrogen (secondary N) is 1. The second-order valence-corrected chi connectivity index (χ2v) is 7.28. The van der Waals surface area contributed by atoms with E-state index in [9.17, 15) is 0 Å². The molecule has 2 bridgehead atoms. The summed E-state index contributed by atoms with van der Waals surface area (Å²) < 4.78 is 0. The smallest absolute Gasteiger partial charge is 0.113 e. The average Bonchev–Trinajstić information content (AvgIpc) is 3.08. The lowest BCUT2D eigenvalue weighted by molar-refractivity contribution is 0.190. The lowest BCUT2D eigenvalue weighted by atomic mass is 9.79. The van der Waals surface area contributed by atoms with Crippen molar-refractivity contribution in [3.05, 3.63) is 52.0 Å². The Morgan fingerprint density at radius 1 is 1.19 bits per heavy atom. The molecule has 0 saturated heterocycles. The van der Waals surface area contributed by atoms with Crippen molar-refractivity contribution >= 4 is 11.3 Å². The quantitative estimate of drug-likeness (QED) is 0.933. The zero-order chi connectivity index (χ0) is 14.3. The van der Waals surface area contributed by atoms with Gasteiger partial charge in [0.05, 0.1) is 5.54 Å². The van der Waals surface area contributed by atoms with Gasteiger partial charge in [0.25, 0.3) is 0 Å². The van der Waals surface area contributed by atoms with Crippen molar-refractivity contribution in [2.75, 3.05) is 6.54 Å². The summed E-state index contributed by atoms with van der Waals surface area (Å²) in [5.74, 6) is 1.36. The summed E-state index contributed by atoms with van der Waals surface area (Å²) >= 11 is 1.83. The molecular weight excluding hydrogens is 276 g/mol. The molecule has 2 unspecified atom stereocenters. The Bertz CT molecular complexity index is 587. The Kier molecular flexibility index (Phi) is 3.35. The predicted molar refractivity (Wildman–Crippen MR) is 87.5 cm³/mol. The zero-order valence-electron chi connectivity index (χ0n) is 12.5. The molecule has 4 rings (SSSR count). The van der Waals surface area contributed by atoms with E-state index in [0.29, 0.717) is 11.8 Å². The first-order chi connectivity index (χ1) is 10.3. The zero-order valence-corrected chi connectivity index (χ0v) is 13.3. The second-order valence-electron chi connectivity index (χ2n) is 6.38. The Labute approximate surface area is 130 Å². The number of nitrogens with zero attached hydrogens (tertiary/aromatic N) is 1. The van der Waals surface area contributed by atoms with Crippen LogP contribution in [0.4, 0.5) is 0 Å². The van der Waals surface area contributed by atoms with Gasteiger partial charge in [-0.2, -0.15) is 0 Å². The minimum absolute atomic E-state index is 0.0991. The van der Waals surface area contributed by atoms with Gasteiger partial charge in [0.1, 0.15) is 5.01 Å². The molecule has 110 valence electrons. The highest BCUT2D eigenvalue weighted by Crippen LogP contribution is 2.53. The van der Waals surface area contributed by atoms with Gasteiger partial charge in [-0.3, -0.25) is 0 Å². The van der Waals surface area contributed by atoms with Crippen LogP contribution in [0.2, 0.25) is 0 Å². The third-order valence-electron chi connectivity index (χ3n) is 5.46. The molecule has 2 aliphatic carbocycles. The molecule has 0 amide bonds. The highest BCUT2D eigenvalue weighted by Gasteiger charge is 2.53. The van der Waals surface area contributed by atoms with Gasteiger partial charge >= 0.3 is 0 Å². The third kappa shape index (κ3) is 1.98. The van der Waals surface area contributed by atoms with Crippen LogP contribution < -0.4 is 5.32 Å². The molecule has 1 saturated carbocycles. The van der Waals surface area contributed by atoms with E-state index < -0.39 is 0 Å². The molecule has 1 heterocycles. The van der Waals surface area contributed by atoms with E-state index in [4.69, 9.17) is 4.98 Å². The fourth-order valence-electron chi connectivity index (χ4n) is 4.64. The van der Waals surface area contributed by atoms with Crippen molar-refractivity contribution in [1.82, 2.24) is 10.3 Å². The van der Waals surface area contributed by atoms with Gasteiger partial charge in [-0.05, 0) is 55.2 Å². The Hall–Kier alpha value is -1.19. The molecule has 0 spiro atoms. The first kappa shape index (κ1) is 13.5. The number of aromatic nitrogens is 1. The summed E-state index contributed by atoms with van der Waals surface area (Å²) in [6.45, 7) is 3.25. The standard InChI is InChI=1S/C18H22N2S/c1-2-20-18(17-19-9-10-21-17)15-7-8-16(18)12-14-6-4-3-5-13(14)11-15/h3-6,9-10,15-16,20H,2,7-8,11-12H2,1H3. The van der Waals surface area contributed by atoms with Crippen LogP contribution in [0, 0.1) is 11.8 Å². The predicted octanol–water partition coefficient (Wildman–Crippen LogP) is 3.77. The highest BCUT2D eigenvalue weighted by molar-refractivity contribution is 7.09. The SMILES string of the molecule is CCNC1(c2nccs2)C2CCC1Cc1ccccc1C2. The topological polar surface area (TPSA) is 24.9 Å². The number of fused-ring (bicyclic) bond motifs is 3. The second kappa shape index (κ2) is 5.22. The molecule has 2 atom stereocenters. The normalized spacial score (nSPS) is 30.9. The van der Waals surface area contributed by atoms with Crippen LogP contribution in [0.15, 0.2) is 35.8 Å². The summed E-state index contributed by atoms with van der Waals surface area (Å²) in [5.41, 5.74) is 3.22. The average molecular weight is 298 g/mol. The maximum atomic E-state index is 4.73. The van der Waals surface area contributed by atoms with Gasteiger partial charge in [0.15, 0.2) is 0 Å². The first-order valence-corrected chi connectivity index (χ1v) is 8.94. The van der Waals surface area contributed by atoms with Crippen molar-refractivity contribution in [2.24, 2.45) is 11.8 Å². The van der Waals surface area contributed by atoms with Gasteiger partial charge in [-0.25, -0.2) is 4.98 Å². The number of thiazole rings is 1. The lowest BCUT2D eigenvalue weighted by Crippen LogP contribution is -2.50.